The summed E-state index contributed by atoms with van der Waals surface area (Å²) >= 11 is 7.02. The number of ether oxygens (including phenoxy) is 1. The summed E-state index contributed by atoms with van der Waals surface area (Å²) in [5.41, 5.74) is -1.62. The van der Waals surface area contributed by atoms with Gasteiger partial charge in [0.15, 0.2) is 0 Å². The molecule has 1 aromatic carbocycles. The van der Waals surface area contributed by atoms with E-state index >= 15 is 0 Å². The number of thiophene rings is 1. The molecule has 8 nitrogen and oxygen atoms in total. The van der Waals surface area contributed by atoms with Crippen molar-refractivity contribution in [2.24, 2.45) is 5.41 Å². The maximum atomic E-state index is 14.0. The smallest absolute Gasteiger partial charge is 0.370 e. The molecule has 2 N–H and O–H groups in total. The molecule has 0 aliphatic carbocycles. The first-order chi connectivity index (χ1) is 18.2. The zero-order valence-electron chi connectivity index (χ0n) is 22.2. The Kier molecular flexibility index (Phi) is 10.0. The van der Waals surface area contributed by atoms with E-state index in [1.807, 2.05) is 32.6 Å². The molecule has 214 valence electrons. The largest absolute Gasteiger partial charge is 0.418 e. The van der Waals surface area contributed by atoms with Crippen LogP contribution in [0, 0.1) is 5.41 Å². The summed E-state index contributed by atoms with van der Waals surface area (Å²) in [6.07, 6.45) is -4.77. The Labute approximate surface area is 234 Å². The molecule has 2 heterocycles. The number of benzene rings is 1. The van der Waals surface area contributed by atoms with Gasteiger partial charge in [0.05, 0.1) is 27.1 Å². The molecule has 3 amide bonds. The van der Waals surface area contributed by atoms with Crippen LogP contribution in [0.25, 0.3) is 0 Å². The molecule has 1 aromatic heterocycles. The van der Waals surface area contributed by atoms with Crippen LogP contribution in [0.15, 0.2) is 30.3 Å². The molecule has 39 heavy (non-hydrogen) atoms. The second kappa shape index (κ2) is 12.7. The molecular weight excluding hydrogens is 557 g/mol. The van der Waals surface area contributed by atoms with Crippen molar-refractivity contribution < 1.29 is 32.3 Å². The van der Waals surface area contributed by atoms with E-state index in [1.165, 1.54) is 12.1 Å². The van der Waals surface area contributed by atoms with Gasteiger partial charge in [0.2, 0.25) is 5.91 Å². The van der Waals surface area contributed by atoms with Crippen molar-refractivity contribution in [2.75, 3.05) is 49.6 Å². The van der Waals surface area contributed by atoms with Crippen LogP contribution in [0.5, 0.6) is 0 Å². The van der Waals surface area contributed by atoms with Gasteiger partial charge in [-0.3, -0.25) is 19.3 Å². The minimum absolute atomic E-state index is 0.0108. The summed E-state index contributed by atoms with van der Waals surface area (Å²) in [5, 5.41) is 5.33. The quantitative estimate of drug-likeness (QED) is 0.435. The van der Waals surface area contributed by atoms with Crippen molar-refractivity contribution in [2.45, 2.75) is 39.9 Å². The number of hydrogen-bond donors (Lipinski definition) is 2. The van der Waals surface area contributed by atoms with Crippen molar-refractivity contribution in [1.82, 2.24) is 10.2 Å². The zero-order valence-corrected chi connectivity index (χ0v) is 23.7. The summed E-state index contributed by atoms with van der Waals surface area (Å²) in [4.78, 5) is 41.6. The summed E-state index contributed by atoms with van der Waals surface area (Å²) in [5.74, 6) is -1.56. The number of nitrogens with zero attached hydrogens (tertiary/aromatic N) is 2. The van der Waals surface area contributed by atoms with Gasteiger partial charge in [0.25, 0.3) is 11.8 Å². The molecule has 1 aliphatic rings. The molecule has 0 radical (unpaired) electrons. The van der Waals surface area contributed by atoms with Gasteiger partial charge in [0.1, 0.15) is 12.6 Å². The number of carbonyl (C=O) groups is 3. The van der Waals surface area contributed by atoms with Crippen LogP contribution in [0.2, 0.25) is 4.34 Å². The number of likely N-dealkylation sites (N-methyl/N-ethyl adjacent to an activating group) is 1. The second-order valence-electron chi connectivity index (χ2n) is 10.3. The fourth-order valence-electron chi connectivity index (χ4n) is 4.23. The molecule has 0 saturated carbocycles. The van der Waals surface area contributed by atoms with E-state index in [1.54, 1.807) is 12.1 Å². The number of morpholine rings is 1. The Bertz CT molecular complexity index is 1200. The zero-order chi connectivity index (χ0) is 29.0. The van der Waals surface area contributed by atoms with E-state index in [0.717, 1.165) is 22.3 Å². The molecule has 0 spiro atoms. The van der Waals surface area contributed by atoms with Gasteiger partial charge in [-0.25, -0.2) is 0 Å². The molecule has 0 unspecified atom stereocenters. The topological polar surface area (TPSA) is 91.0 Å². The van der Waals surface area contributed by atoms with Gasteiger partial charge in [-0.15, -0.1) is 11.3 Å². The van der Waals surface area contributed by atoms with Crippen molar-refractivity contribution >= 4 is 52.0 Å². The Morgan fingerprint density at radius 3 is 2.49 bits per heavy atom. The Balaban J connectivity index is 1.87. The molecule has 1 atom stereocenters. The molecule has 1 aliphatic heterocycles. The Morgan fingerprint density at radius 1 is 1.21 bits per heavy atom. The average molecular weight is 589 g/mol. The number of rotatable bonds is 9. The van der Waals surface area contributed by atoms with E-state index in [2.05, 4.69) is 10.6 Å². The summed E-state index contributed by atoms with van der Waals surface area (Å²) in [6.45, 7) is 8.54. The maximum Gasteiger partial charge on any atom is 0.418 e. The Hall–Kier alpha value is -2.67. The highest BCUT2D eigenvalue weighted by molar-refractivity contribution is 7.18. The van der Waals surface area contributed by atoms with Crippen LogP contribution in [0.3, 0.4) is 0 Å². The lowest BCUT2D eigenvalue weighted by Crippen LogP contribution is -2.52. The lowest BCUT2D eigenvalue weighted by molar-refractivity contribution is -0.137. The first kappa shape index (κ1) is 30.9. The van der Waals surface area contributed by atoms with Gasteiger partial charge in [-0.05, 0) is 42.3 Å². The van der Waals surface area contributed by atoms with E-state index < -0.39 is 35.5 Å². The molecule has 3 rings (SSSR count). The van der Waals surface area contributed by atoms with Crippen LogP contribution in [0.1, 0.15) is 42.9 Å². The van der Waals surface area contributed by atoms with Crippen molar-refractivity contribution in [3.8, 4) is 0 Å². The summed E-state index contributed by atoms with van der Waals surface area (Å²) < 4.78 is 47.5. The molecule has 13 heteroatoms. The highest BCUT2D eigenvalue weighted by Gasteiger charge is 2.37. The van der Waals surface area contributed by atoms with Gasteiger partial charge < -0.3 is 20.3 Å². The van der Waals surface area contributed by atoms with E-state index in [0.29, 0.717) is 22.3 Å². The monoisotopic (exact) mass is 588 g/mol. The SMILES string of the molecule is CCN(CC(C)(C)C)[C@H](CNC(=O)c1ccc(Cl)s1)C(=O)Nc1ccc(N2CCOCC2=O)c(C(F)(F)F)c1. The fourth-order valence-corrected chi connectivity index (χ4v) is 5.19. The number of hydrogen-bond acceptors (Lipinski definition) is 6. The number of anilines is 2. The highest BCUT2D eigenvalue weighted by Crippen LogP contribution is 2.39. The summed E-state index contributed by atoms with van der Waals surface area (Å²) in [7, 11) is 0. The predicted molar refractivity (Wildman–Crippen MR) is 145 cm³/mol. The first-order valence-electron chi connectivity index (χ1n) is 12.4. The highest BCUT2D eigenvalue weighted by atomic mass is 35.5. The lowest BCUT2D eigenvalue weighted by Gasteiger charge is -2.35. The molecule has 0 bridgehead atoms. The van der Waals surface area contributed by atoms with Crippen molar-refractivity contribution in [1.29, 1.82) is 0 Å². The number of halogens is 4. The molecule has 1 saturated heterocycles. The standard InChI is InChI=1S/C26H32ClF3N4O4S/c1-5-33(15-25(2,3)4)19(13-31-24(37)20-8-9-21(27)39-20)23(36)32-16-6-7-18(17(12-16)26(28,29)30)34-10-11-38-14-22(34)35/h6-9,12,19H,5,10-11,13-15H2,1-4H3,(H,31,37)(H,32,36)/t19-/m1/s1. The molecule has 1 fully saturated rings. The third-order valence-electron chi connectivity index (χ3n) is 5.93. The van der Waals surface area contributed by atoms with Gasteiger partial charge in [0, 0.05) is 25.3 Å². The van der Waals surface area contributed by atoms with Gasteiger partial charge in [-0.2, -0.15) is 13.2 Å². The number of nitrogens with one attached hydrogen (secondary N) is 2. The minimum Gasteiger partial charge on any atom is -0.370 e. The Morgan fingerprint density at radius 2 is 1.92 bits per heavy atom. The second-order valence-corrected chi connectivity index (χ2v) is 12.0. The van der Waals surface area contributed by atoms with Crippen LogP contribution >= 0.6 is 22.9 Å². The van der Waals surface area contributed by atoms with Crippen molar-refractivity contribution in [3.05, 3.63) is 45.1 Å². The maximum absolute atomic E-state index is 14.0. The summed E-state index contributed by atoms with van der Waals surface area (Å²) in [6, 6.07) is 5.61. The van der Waals surface area contributed by atoms with Gasteiger partial charge in [-0.1, -0.05) is 39.3 Å². The predicted octanol–water partition coefficient (Wildman–Crippen LogP) is 4.89. The average Bonchev–Trinajstić information content (AvgIpc) is 3.29. The van der Waals surface area contributed by atoms with Crippen LogP contribution in [-0.4, -0.2) is 68.1 Å². The van der Waals surface area contributed by atoms with Crippen LogP contribution in [0.4, 0.5) is 24.5 Å². The third kappa shape index (κ3) is 8.41. The number of carbonyl (C=O) groups excluding carboxylic acids is 3. The first-order valence-corrected chi connectivity index (χ1v) is 13.6. The normalized spacial score (nSPS) is 15.4. The number of alkyl halides is 3. The number of amides is 3. The minimum atomic E-state index is -4.77. The van der Waals surface area contributed by atoms with E-state index in [9.17, 15) is 27.6 Å². The third-order valence-corrected chi connectivity index (χ3v) is 7.16. The van der Waals surface area contributed by atoms with Crippen LogP contribution in [-0.2, 0) is 20.5 Å². The van der Waals surface area contributed by atoms with E-state index in [-0.39, 0.29) is 43.1 Å². The van der Waals surface area contributed by atoms with Crippen molar-refractivity contribution in [3.63, 3.8) is 0 Å². The molecule has 2 aromatic rings. The van der Waals surface area contributed by atoms with Gasteiger partial charge >= 0.3 is 6.18 Å². The lowest BCUT2D eigenvalue weighted by atomic mass is 9.95. The van der Waals surface area contributed by atoms with E-state index in [4.69, 9.17) is 16.3 Å². The van der Waals surface area contributed by atoms with Crippen LogP contribution < -0.4 is 15.5 Å². The molecular formula is C26H32ClF3N4O4S. The fraction of sp³-hybridized carbons (Fsp3) is 0.500.